The molecule has 1 unspecified atom stereocenters. The summed E-state index contributed by atoms with van der Waals surface area (Å²) in [6.45, 7) is 5.56. The van der Waals surface area contributed by atoms with Crippen molar-refractivity contribution < 1.29 is 13.2 Å². The van der Waals surface area contributed by atoms with Crippen LogP contribution in [0.5, 0.6) is 0 Å². The topological polar surface area (TPSA) is 66.5 Å². The van der Waals surface area contributed by atoms with Crippen LogP contribution >= 0.6 is 0 Å². The van der Waals surface area contributed by atoms with Crippen molar-refractivity contribution in [3.63, 3.8) is 0 Å². The van der Waals surface area contributed by atoms with E-state index in [1.54, 1.807) is 19.1 Å². The molecule has 1 aromatic rings. The second-order valence-electron chi connectivity index (χ2n) is 8.22. The number of benzene rings is 1. The average molecular weight is 393 g/mol. The molecule has 0 aromatic heterocycles. The zero-order valence-electron chi connectivity index (χ0n) is 16.5. The third-order valence-corrected chi connectivity index (χ3v) is 7.46. The van der Waals surface area contributed by atoms with Gasteiger partial charge in [0.05, 0.1) is 11.2 Å². The van der Waals surface area contributed by atoms with Crippen molar-refractivity contribution in [1.29, 1.82) is 0 Å². The molecule has 0 radical (unpaired) electrons. The first-order valence-corrected chi connectivity index (χ1v) is 11.9. The van der Waals surface area contributed by atoms with Gasteiger partial charge in [-0.3, -0.25) is 9.52 Å². The van der Waals surface area contributed by atoms with E-state index < -0.39 is 15.4 Å². The van der Waals surface area contributed by atoms with Crippen molar-refractivity contribution in [2.45, 2.75) is 64.2 Å². The number of amides is 1. The molecule has 5 nitrogen and oxygen atoms in total. The normalized spacial score (nSPS) is 23.0. The molecule has 1 atom stereocenters. The number of likely N-dealkylation sites (tertiary alicyclic amines) is 1. The highest BCUT2D eigenvalue weighted by Gasteiger charge is 2.44. The zero-order valence-corrected chi connectivity index (χ0v) is 17.4. The molecular formula is C21H32N2O3S. The number of carbonyl (C=O) groups excluding carboxylic acids is 1. The summed E-state index contributed by atoms with van der Waals surface area (Å²) in [5.74, 6) is 0.884. The second kappa shape index (κ2) is 8.21. The van der Waals surface area contributed by atoms with Crippen LogP contribution in [0, 0.1) is 5.92 Å². The highest BCUT2D eigenvalue weighted by Crippen LogP contribution is 2.42. The van der Waals surface area contributed by atoms with Crippen LogP contribution in [0.1, 0.15) is 64.4 Å². The van der Waals surface area contributed by atoms with Crippen molar-refractivity contribution in [3.05, 3.63) is 29.8 Å². The quantitative estimate of drug-likeness (QED) is 0.826. The highest BCUT2D eigenvalue weighted by molar-refractivity contribution is 7.92. The summed E-state index contributed by atoms with van der Waals surface area (Å²) >= 11 is 0. The maximum absolute atomic E-state index is 13.6. The van der Waals surface area contributed by atoms with E-state index in [1.165, 1.54) is 12.8 Å². The number of hydrogen-bond acceptors (Lipinski definition) is 3. The minimum atomic E-state index is -3.29. The molecular weight excluding hydrogens is 360 g/mol. The smallest absolute Gasteiger partial charge is 0.233 e. The predicted molar refractivity (Wildman–Crippen MR) is 109 cm³/mol. The first kappa shape index (κ1) is 20.2. The fraction of sp³-hybridized carbons (Fsp3) is 0.667. The van der Waals surface area contributed by atoms with Gasteiger partial charge in [0, 0.05) is 18.8 Å². The lowest BCUT2D eigenvalue weighted by Crippen LogP contribution is -2.51. The van der Waals surface area contributed by atoms with Crippen LogP contribution in [0.4, 0.5) is 5.69 Å². The number of anilines is 1. The fourth-order valence-corrected chi connectivity index (χ4v) is 5.21. The van der Waals surface area contributed by atoms with Crippen LogP contribution in [-0.4, -0.2) is 38.1 Å². The van der Waals surface area contributed by atoms with E-state index in [0.29, 0.717) is 11.6 Å². The SMILES string of the molecule is CCS(=O)(=O)Nc1ccc(C2(C(=O)N3CCCC(C)C3)CCCCC2)cc1. The molecule has 1 N–H and O–H groups in total. The third kappa shape index (κ3) is 4.48. The van der Waals surface area contributed by atoms with Crippen molar-refractivity contribution in [1.82, 2.24) is 4.90 Å². The number of rotatable bonds is 5. The molecule has 1 saturated heterocycles. The van der Waals surface area contributed by atoms with Gasteiger partial charge in [-0.05, 0) is 56.2 Å². The Morgan fingerprint density at radius 1 is 1.15 bits per heavy atom. The Morgan fingerprint density at radius 2 is 1.81 bits per heavy atom. The standard InChI is InChI=1S/C21H32N2O3S/c1-3-27(25,26)22-19-11-9-18(10-12-19)21(13-5-4-6-14-21)20(24)23-15-7-8-17(2)16-23/h9-12,17,22H,3-8,13-16H2,1-2H3. The van der Waals surface area contributed by atoms with Crippen LogP contribution in [0.3, 0.4) is 0 Å². The minimum Gasteiger partial charge on any atom is -0.342 e. The maximum atomic E-state index is 13.6. The number of sulfonamides is 1. The molecule has 6 heteroatoms. The molecule has 2 fully saturated rings. The molecule has 1 aliphatic carbocycles. The van der Waals surface area contributed by atoms with Gasteiger partial charge in [-0.2, -0.15) is 0 Å². The Labute approximate surface area is 163 Å². The van der Waals surface area contributed by atoms with E-state index >= 15 is 0 Å². The van der Waals surface area contributed by atoms with Gasteiger partial charge in [0.15, 0.2) is 0 Å². The maximum Gasteiger partial charge on any atom is 0.233 e. The fourth-order valence-electron chi connectivity index (χ4n) is 4.57. The van der Waals surface area contributed by atoms with Crippen molar-refractivity contribution in [3.8, 4) is 0 Å². The Bertz CT molecular complexity index is 752. The van der Waals surface area contributed by atoms with E-state index in [0.717, 1.165) is 50.8 Å². The van der Waals surface area contributed by atoms with Gasteiger partial charge in [0.25, 0.3) is 0 Å². The first-order valence-electron chi connectivity index (χ1n) is 10.3. The van der Waals surface area contributed by atoms with E-state index in [2.05, 4.69) is 16.5 Å². The summed E-state index contributed by atoms with van der Waals surface area (Å²) in [7, 11) is -3.29. The van der Waals surface area contributed by atoms with Crippen LogP contribution in [0.2, 0.25) is 0 Å². The van der Waals surface area contributed by atoms with Gasteiger partial charge in [0.1, 0.15) is 0 Å². The van der Waals surface area contributed by atoms with Gasteiger partial charge >= 0.3 is 0 Å². The Morgan fingerprint density at radius 3 is 2.41 bits per heavy atom. The Hall–Kier alpha value is -1.56. The lowest BCUT2D eigenvalue weighted by Gasteiger charge is -2.42. The van der Waals surface area contributed by atoms with Crippen LogP contribution in [-0.2, 0) is 20.2 Å². The van der Waals surface area contributed by atoms with Crippen LogP contribution < -0.4 is 4.72 Å². The van der Waals surface area contributed by atoms with Gasteiger partial charge < -0.3 is 4.90 Å². The minimum absolute atomic E-state index is 0.0460. The molecule has 2 aliphatic rings. The van der Waals surface area contributed by atoms with Crippen LogP contribution in [0.25, 0.3) is 0 Å². The molecule has 27 heavy (non-hydrogen) atoms. The third-order valence-electron chi connectivity index (χ3n) is 6.15. The molecule has 0 spiro atoms. The molecule has 1 amide bonds. The first-order chi connectivity index (χ1) is 12.9. The average Bonchev–Trinajstić information content (AvgIpc) is 2.68. The largest absolute Gasteiger partial charge is 0.342 e. The monoisotopic (exact) mass is 392 g/mol. The molecule has 150 valence electrons. The second-order valence-corrected chi connectivity index (χ2v) is 10.2. The molecule has 1 aliphatic heterocycles. The van der Waals surface area contributed by atoms with Crippen LogP contribution in [0.15, 0.2) is 24.3 Å². The Balaban J connectivity index is 1.87. The van der Waals surface area contributed by atoms with Gasteiger partial charge in [-0.15, -0.1) is 0 Å². The summed E-state index contributed by atoms with van der Waals surface area (Å²) in [5.41, 5.74) is 1.15. The van der Waals surface area contributed by atoms with Crippen molar-refractivity contribution >= 4 is 21.6 Å². The molecule has 1 aromatic carbocycles. The number of nitrogens with zero attached hydrogens (tertiary/aromatic N) is 1. The molecule has 1 saturated carbocycles. The lowest BCUT2D eigenvalue weighted by atomic mass is 9.68. The number of piperidine rings is 1. The van der Waals surface area contributed by atoms with Crippen molar-refractivity contribution in [2.75, 3.05) is 23.6 Å². The summed E-state index contributed by atoms with van der Waals surface area (Å²) < 4.78 is 26.2. The summed E-state index contributed by atoms with van der Waals surface area (Å²) in [6, 6.07) is 7.49. The van der Waals surface area contributed by atoms with E-state index in [4.69, 9.17) is 0 Å². The summed E-state index contributed by atoms with van der Waals surface area (Å²) in [5, 5.41) is 0. The molecule has 3 rings (SSSR count). The number of hydrogen-bond donors (Lipinski definition) is 1. The van der Waals surface area contributed by atoms with E-state index in [1.807, 2.05) is 12.1 Å². The van der Waals surface area contributed by atoms with Gasteiger partial charge in [-0.1, -0.05) is 38.3 Å². The molecule has 0 bridgehead atoms. The van der Waals surface area contributed by atoms with E-state index in [9.17, 15) is 13.2 Å². The van der Waals surface area contributed by atoms with Gasteiger partial charge in [0.2, 0.25) is 15.9 Å². The summed E-state index contributed by atoms with van der Waals surface area (Å²) in [4.78, 5) is 15.7. The Kier molecular flexibility index (Phi) is 6.14. The number of carbonyl (C=O) groups is 1. The molecule has 1 heterocycles. The van der Waals surface area contributed by atoms with E-state index in [-0.39, 0.29) is 11.7 Å². The van der Waals surface area contributed by atoms with Gasteiger partial charge in [-0.25, -0.2) is 8.42 Å². The number of nitrogens with one attached hydrogen (secondary N) is 1. The zero-order chi connectivity index (χ0) is 19.5. The summed E-state index contributed by atoms with van der Waals surface area (Å²) in [6.07, 6.45) is 7.37. The predicted octanol–water partition coefficient (Wildman–Crippen LogP) is 3.91. The lowest BCUT2D eigenvalue weighted by molar-refractivity contribution is -0.140. The highest BCUT2D eigenvalue weighted by atomic mass is 32.2. The van der Waals surface area contributed by atoms with Crippen molar-refractivity contribution in [2.24, 2.45) is 5.92 Å².